The summed E-state index contributed by atoms with van der Waals surface area (Å²) in [5, 5.41) is 3.17. The van der Waals surface area contributed by atoms with Crippen molar-refractivity contribution in [2.45, 2.75) is 46.0 Å². The zero-order valence-electron chi connectivity index (χ0n) is 13.4. The normalized spacial score (nSPS) is 12.6. The second kappa shape index (κ2) is 8.10. The maximum absolute atomic E-state index is 12.2. The van der Waals surface area contributed by atoms with Crippen LogP contribution in [0.3, 0.4) is 0 Å². The van der Waals surface area contributed by atoms with Gasteiger partial charge in [0.25, 0.3) is 5.91 Å². The van der Waals surface area contributed by atoms with Gasteiger partial charge in [-0.25, -0.2) is 4.79 Å². The molecular formula is C16H21NO5S. The number of ether oxygens (including phenoxy) is 2. The van der Waals surface area contributed by atoms with Gasteiger partial charge in [0, 0.05) is 11.3 Å². The Morgan fingerprint density at radius 1 is 1.17 bits per heavy atom. The van der Waals surface area contributed by atoms with Gasteiger partial charge in [0.15, 0.2) is 6.61 Å². The Morgan fingerprint density at radius 3 is 2.65 bits per heavy atom. The van der Waals surface area contributed by atoms with Crippen LogP contribution in [-0.4, -0.2) is 31.1 Å². The first-order chi connectivity index (χ1) is 11.1. The molecule has 0 bridgehead atoms. The van der Waals surface area contributed by atoms with Crippen molar-refractivity contribution >= 4 is 34.2 Å². The van der Waals surface area contributed by atoms with Crippen LogP contribution in [0.1, 0.15) is 53.9 Å². The zero-order chi connectivity index (χ0) is 16.8. The van der Waals surface area contributed by atoms with E-state index in [0.717, 1.165) is 29.7 Å². The van der Waals surface area contributed by atoms with Crippen molar-refractivity contribution in [3.8, 4) is 0 Å². The van der Waals surface area contributed by atoms with Crippen molar-refractivity contribution in [3.05, 3.63) is 16.0 Å². The molecule has 2 rings (SSSR count). The number of hydrogen-bond donors (Lipinski definition) is 1. The fraction of sp³-hybridized carbons (Fsp3) is 0.562. The van der Waals surface area contributed by atoms with Crippen molar-refractivity contribution in [1.29, 1.82) is 0 Å². The Balaban J connectivity index is 2.06. The third kappa shape index (κ3) is 4.31. The number of nitrogens with one attached hydrogen (secondary N) is 1. The zero-order valence-corrected chi connectivity index (χ0v) is 14.2. The number of carbonyl (C=O) groups excluding carboxylic acids is 3. The topological polar surface area (TPSA) is 81.7 Å². The molecule has 0 saturated heterocycles. The van der Waals surface area contributed by atoms with Gasteiger partial charge in [-0.3, -0.25) is 9.59 Å². The van der Waals surface area contributed by atoms with Crippen molar-refractivity contribution in [2.24, 2.45) is 0 Å². The van der Waals surface area contributed by atoms with Crippen LogP contribution in [0, 0.1) is 0 Å². The van der Waals surface area contributed by atoms with E-state index in [2.05, 4.69) is 5.32 Å². The molecule has 0 spiro atoms. The van der Waals surface area contributed by atoms with Gasteiger partial charge < -0.3 is 14.8 Å². The predicted octanol–water partition coefficient (Wildman–Crippen LogP) is 2.70. The highest BCUT2D eigenvalue weighted by molar-refractivity contribution is 7.17. The summed E-state index contributed by atoms with van der Waals surface area (Å²) in [5.74, 6) is -1.26. The fourth-order valence-corrected chi connectivity index (χ4v) is 3.79. The molecule has 0 radical (unpaired) electrons. The lowest BCUT2D eigenvalue weighted by Gasteiger charge is -2.08. The summed E-state index contributed by atoms with van der Waals surface area (Å²) >= 11 is 1.40. The quantitative estimate of drug-likeness (QED) is 0.772. The fourth-order valence-electron chi connectivity index (χ4n) is 2.50. The van der Waals surface area contributed by atoms with Crippen LogP contribution >= 0.6 is 11.3 Å². The number of thiophene rings is 1. The molecule has 7 heteroatoms. The van der Waals surface area contributed by atoms with Crippen LogP contribution in [0.15, 0.2) is 0 Å². The van der Waals surface area contributed by atoms with E-state index < -0.39 is 17.8 Å². The van der Waals surface area contributed by atoms with Crippen molar-refractivity contribution < 1.29 is 23.9 Å². The van der Waals surface area contributed by atoms with Crippen molar-refractivity contribution in [1.82, 2.24) is 0 Å². The molecule has 0 unspecified atom stereocenters. The average Bonchev–Trinajstić information content (AvgIpc) is 3.06. The standard InChI is InChI=1S/C16H21NO5S/c1-3-6-13(19)22-9-12(18)17-15-14(16(20)21-4-2)10-7-5-8-11(10)23-15/h3-9H2,1-2H3,(H,17,18). The molecular weight excluding hydrogens is 318 g/mol. The summed E-state index contributed by atoms with van der Waals surface area (Å²) in [4.78, 5) is 36.5. The van der Waals surface area contributed by atoms with Crippen LogP contribution in [-0.2, 0) is 31.9 Å². The highest BCUT2D eigenvalue weighted by Gasteiger charge is 2.28. The number of esters is 2. The van der Waals surface area contributed by atoms with Gasteiger partial charge in [-0.05, 0) is 38.2 Å². The molecule has 23 heavy (non-hydrogen) atoms. The van der Waals surface area contributed by atoms with E-state index >= 15 is 0 Å². The van der Waals surface area contributed by atoms with Gasteiger partial charge in [-0.15, -0.1) is 11.3 Å². The minimum Gasteiger partial charge on any atom is -0.462 e. The van der Waals surface area contributed by atoms with Gasteiger partial charge in [0.05, 0.1) is 12.2 Å². The lowest BCUT2D eigenvalue weighted by Crippen LogP contribution is -2.21. The van der Waals surface area contributed by atoms with Crippen LogP contribution in [0.5, 0.6) is 0 Å². The molecule has 1 aromatic rings. The van der Waals surface area contributed by atoms with E-state index in [9.17, 15) is 14.4 Å². The molecule has 1 aliphatic carbocycles. The minimum absolute atomic E-state index is 0.283. The van der Waals surface area contributed by atoms with Gasteiger partial charge in [0.1, 0.15) is 5.00 Å². The molecule has 0 aromatic carbocycles. The molecule has 1 heterocycles. The molecule has 1 aliphatic rings. The first-order valence-corrected chi connectivity index (χ1v) is 8.65. The highest BCUT2D eigenvalue weighted by atomic mass is 32.1. The molecule has 0 atom stereocenters. The van der Waals surface area contributed by atoms with Gasteiger partial charge in [-0.1, -0.05) is 6.92 Å². The lowest BCUT2D eigenvalue weighted by molar-refractivity contribution is -0.147. The first kappa shape index (κ1) is 17.5. The van der Waals surface area contributed by atoms with Gasteiger partial charge in [0.2, 0.25) is 0 Å². The van der Waals surface area contributed by atoms with E-state index in [-0.39, 0.29) is 19.6 Å². The van der Waals surface area contributed by atoms with Crippen LogP contribution in [0.25, 0.3) is 0 Å². The first-order valence-electron chi connectivity index (χ1n) is 7.83. The molecule has 6 nitrogen and oxygen atoms in total. The smallest absolute Gasteiger partial charge is 0.341 e. The Morgan fingerprint density at radius 2 is 1.96 bits per heavy atom. The molecule has 1 N–H and O–H groups in total. The summed E-state index contributed by atoms with van der Waals surface area (Å²) < 4.78 is 9.97. The number of rotatable bonds is 7. The molecule has 1 aromatic heterocycles. The Labute approximate surface area is 139 Å². The van der Waals surface area contributed by atoms with E-state index in [1.54, 1.807) is 6.92 Å². The molecule has 126 valence electrons. The van der Waals surface area contributed by atoms with Gasteiger partial charge in [-0.2, -0.15) is 0 Å². The summed E-state index contributed by atoms with van der Waals surface area (Å²) in [7, 11) is 0. The Bertz CT molecular complexity index is 608. The maximum atomic E-state index is 12.2. The largest absolute Gasteiger partial charge is 0.462 e. The molecule has 1 amide bonds. The van der Waals surface area contributed by atoms with Crippen molar-refractivity contribution in [2.75, 3.05) is 18.5 Å². The number of hydrogen-bond acceptors (Lipinski definition) is 6. The predicted molar refractivity (Wildman–Crippen MR) is 86.8 cm³/mol. The molecule has 0 saturated carbocycles. The second-order valence-corrected chi connectivity index (χ2v) is 6.35. The number of anilines is 1. The second-order valence-electron chi connectivity index (χ2n) is 5.24. The monoisotopic (exact) mass is 339 g/mol. The number of amides is 1. The lowest BCUT2D eigenvalue weighted by atomic mass is 10.1. The molecule has 0 fully saturated rings. The maximum Gasteiger partial charge on any atom is 0.341 e. The number of carbonyl (C=O) groups is 3. The minimum atomic E-state index is -0.445. The third-order valence-corrected chi connectivity index (χ3v) is 4.68. The third-order valence-electron chi connectivity index (χ3n) is 3.47. The number of fused-ring (bicyclic) bond motifs is 1. The van der Waals surface area contributed by atoms with Crippen LogP contribution in [0.4, 0.5) is 5.00 Å². The summed E-state index contributed by atoms with van der Waals surface area (Å²) in [6.07, 6.45) is 3.70. The van der Waals surface area contributed by atoms with E-state index in [1.165, 1.54) is 11.3 Å². The Hall–Kier alpha value is -1.89. The van der Waals surface area contributed by atoms with Crippen molar-refractivity contribution in [3.63, 3.8) is 0 Å². The summed E-state index contributed by atoms with van der Waals surface area (Å²) in [5.41, 5.74) is 1.43. The summed E-state index contributed by atoms with van der Waals surface area (Å²) in [6, 6.07) is 0. The van der Waals surface area contributed by atoms with E-state index in [1.807, 2.05) is 6.92 Å². The molecule has 0 aliphatic heterocycles. The average molecular weight is 339 g/mol. The highest BCUT2D eigenvalue weighted by Crippen LogP contribution is 2.39. The van der Waals surface area contributed by atoms with Crippen LogP contribution in [0.2, 0.25) is 0 Å². The van der Waals surface area contributed by atoms with Gasteiger partial charge >= 0.3 is 11.9 Å². The summed E-state index contributed by atoms with van der Waals surface area (Å²) in [6.45, 7) is 3.55. The van der Waals surface area contributed by atoms with Crippen LogP contribution < -0.4 is 5.32 Å². The van der Waals surface area contributed by atoms with E-state index in [0.29, 0.717) is 17.0 Å². The Kier molecular flexibility index (Phi) is 6.15. The number of aryl methyl sites for hydroxylation is 1. The SMILES string of the molecule is CCCC(=O)OCC(=O)Nc1sc2c(c1C(=O)OCC)CCC2. The van der Waals surface area contributed by atoms with E-state index in [4.69, 9.17) is 9.47 Å².